The van der Waals surface area contributed by atoms with E-state index in [1.807, 2.05) is 0 Å². The SMILES string of the molecule is CC(C)C1CCC(NC(=O)Cc2ccc(C(=O)O)cc2)CC1. The number of carbonyl (C=O) groups excluding carboxylic acids is 1. The third kappa shape index (κ3) is 4.58. The highest BCUT2D eigenvalue weighted by Gasteiger charge is 2.24. The van der Waals surface area contributed by atoms with Crippen LogP contribution in [0.4, 0.5) is 0 Å². The van der Waals surface area contributed by atoms with Gasteiger partial charge in [-0.1, -0.05) is 26.0 Å². The van der Waals surface area contributed by atoms with Crippen molar-refractivity contribution in [2.75, 3.05) is 0 Å². The number of benzene rings is 1. The van der Waals surface area contributed by atoms with Crippen molar-refractivity contribution < 1.29 is 14.7 Å². The van der Waals surface area contributed by atoms with E-state index in [0.29, 0.717) is 12.5 Å². The number of carboxylic acids is 1. The van der Waals surface area contributed by atoms with Gasteiger partial charge < -0.3 is 10.4 Å². The predicted octanol–water partition coefficient (Wildman–Crippen LogP) is 3.26. The topological polar surface area (TPSA) is 66.4 Å². The van der Waals surface area contributed by atoms with E-state index in [0.717, 1.165) is 30.2 Å². The normalized spacial score (nSPS) is 21.6. The average Bonchev–Trinajstić information content (AvgIpc) is 2.48. The van der Waals surface area contributed by atoms with Crippen LogP contribution in [0.5, 0.6) is 0 Å². The van der Waals surface area contributed by atoms with Gasteiger partial charge in [0.15, 0.2) is 0 Å². The smallest absolute Gasteiger partial charge is 0.335 e. The fraction of sp³-hybridized carbons (Fsp3) is 0.556. The van der Waals surface area contributed by atoms with E-state index < -0.39 is 5.97 Å². The van der Waals surface area contributed by atoms with Crippen LogP contribution in [0.15, 0.2) is 24.3 Å². The Labute approximate surface area is 131 Å². The van der Waals surface area contributed by atoms with Crippen molar-refractivity contribution in [1.82, 2.24) is 5.32 Å². The Balaban J connectivity index is 1.80. The Morgan fingerprint density at radius 1 is 1.14 bits per heavy atom. The largest absolute Gasteiger partial charge is 0.478 e. The summed E-state index contributed by atoms with van der Waals surface area (Å²) in [6.45, 7) is 4.54. The molecule has 0 saturated heterocycles. The van der Waals surface area contributed by atoms with E-state index >= 15 is 0 Å². The molecule has 1 aromatic rings. The van der Waals surface area contributed by atoms with Gasteiger partial charge in [0.25, 0.3) is 0 Å². The van der Waals surface area contributed by atoms with Crippen molar-refractivity contribution in [2.45, 2.75) is 52.0 Å². The van der Waals surface area contributed by atoms with Crippen molar-refractivity contribution in [1.29, 1.82) is 0 Å². The molecule has 2 N–H and O–H groups in total. The van der Waals surface area contributed by atoms with Gasteiger partial charge in [-0.05, 0) is 55.2 Å². The maximum atomic E-state index is 12.1. The van der Waals surface area contributed by atoms with Gasteiger partial charge in [0.2, 0.25) is 5.91 Å². The molecule has 2 rings (SSSR count). The van der Waals surface area contributed by atoms with Crippen LogP contribution in [0.25, 0.3) is 0 Å². The van der Waals surface area contributed by atoms with Gasteiger partial charge in [-0.25, -0.2) is 4.79 Å². The summed E-state index contributed by atoms with van der Waals surface area (Å²) >= 11 is 0. The highest BCUT2D eigenvalue weighted by molar-refractivity contribution is 5.87. The lowest BCUT2D eigenvalue weighted by molar-refractivity contribution is -0.121. The van der Waals surface area contributed by atoms with Crippen LogP contribution in [0.3, 0.4) is 0 Å². The van der Waals surface area contributed by atoms with E-state index in [4.69, 9.17) is 5.11 Å². The minimum Gasteiger partial charge on any atom is -0.478 e. The third-order valence-electron chi connectivity index (χ3n) is 4.65. The second kappa shape index (κ2) is 7.43. The molecule has 0 aliphatic heterocycles. The van der Waals surface area contributed by atoms with Gasteiger partial charge in [-0.2, -0.15) is 0 Å². The summed E-state index contributed by atoms with van der Waals surface area (Å²) in [5.74, 6) is 0.593. The molecule has 0 unspecified atom stereocenters. The maximum Gasteiger partial charge on any atom is 0.335 e. The minimum atomic E-state index is -0.946. The summed E-state index contributed by atoms with van der Waals surface area (Å²) in [7, 11) is 0. The highest BCUT2D eigenvalue weighted by Crippen LogP contribution is 2.29. The lowest BCUT2D eigenvalue weighted by atomic mass is 9.79. The van der Waals surface area contributed by atoms with Crippen molar-refractivity contribution >= 4 is 11.9 Å². The summed E-state index contributed by atoms with van der Waals surface area (Å²) in [6, 6.07) is 6.79. The van der Waals surface area contributed by atoms with Gasteiger partial charge >= 0.3 is 5.97 Å². The lowest BCUT2D eigenvalue weighted by Gasteiger charge is -2.31. The number of carboxylic acid groups (broad SMARTS) is 1. The van der Waals surface area contributed by atoms with Crippen LogP contribution in [-0.2, 0) is 11.2 Å². The van der Waals surface area contributed by atoms with Crippen molar-refractivity contribution in [3.8, 4) is 0 Å². The molecule has 1 aromatic carbocycles. The number of nitrogens with one attached hydrogen (secondary N) is 1. The number of carbonyl (C=O) groups is 2. The fourth-order valence-corrected chi connectivity index (χ4v) is 3.16. The Bertz CT molecular complexity index is 514. The number of hydrogen-bond acceptors (Lipinski definition) is 2. The lowest BCUT2D eigenvalue weighted by Crippen LogP contribution is -2.39. The van der Waals surface area contributed by atoms with Gasteiger partial charge in [-0.3, -0.25) is 4.79 Å². The summed E-state index contributed by atoms with van der Waals surface area (Å²) in [5, 5.41) is 12.0. The van der Waals surface area contributed by atoms with Crippen molar-refractivity contribution in [3.63, 3.8) is 0 Å². The van der Waals surface area contributed by atoms with Crippen LogP contribution >= 0.6 is 0 Å². The Kier molecular flexibility index (Phi) is 5.58. The first kappa shape index (κ1) is 16.5. The zero-order chi connectivity index (χ0) is 16.1. The number of hydrogen-bond donors (Lipinski definition) is 2. The van der Waals surface area contributed by atoms with E-state index in [-0.39, 0.29) is 11.5 Å². The molecule has 0 heterocycles. The van der Waals surface area contributed by atoms with Gasteiger partial charge in [-0.15, -0.1) is 0 Å². The third-order valence-corrected chi connectivity index (χ3v) is 4.65. The van der Waals surface area contributed by atoms with Crippen LogP contribution < -0.4 is 5.32 Å². The van der Waals surface area contributed by atoms with Gasteiger partial charge in [0.05, 0.1) is 12.0 Å². The summed E-state index contributed by atoms with van der Waals surface area (Å²) in [6.07, 6.45) is 4.81. The standard InChI is InChI=1S/C18H25NO3/c1-12(2)14-7-9-16(10-8-14)19-17(20)11-13-3-5-15(6-4-13)18(21)22/h3-6,12,14,16H,7-11H2,1-2H3,(H,19,20)(H,21,22). The van der Waals surface area contributed by atoms with Crippen LogP contribution in [0, 0.1) is 11.8 Å². The molecule has 0 bridgehead atoms. The fourth-order valence-electron chi connectivity index (χ4n) is 3.16. The zero-order valence-corrected chi connectivity index (χ0v) is 13.3. The number of aromatic carboxylic acids is 1. The number of amides is 1. The maximum absolute atomic E-state index is 12.1. The van der Waals surface area contributed by atoms with E-state index in [9.17, 15) is 9.59 Å². The van der Waals surface area contributed by atoms with Crippen LogP contribution in [-0.4, -0.2) is 23.0 Å². The van der Waals surface area contributed by atoms with Crippen LogP contribution in [0.2, 0.25) is 0 Å². The molecule has 1 aliphatic carbocycles. The second-order valence-electron chi connectivity index (χ2n) is 6.60. The summed E-state index contributed by atoms with van der Waals surface area (Å²) in [5.41, 5.74) is 1.09. The molecule has 1 fully saturated rings. The molecule has 22 heavy (non-hydrogen) atoms. The van der Waals surface area contributed by atoms with Gasteiger partial charge in [0.1, 0.15) is 0 Å². The minimum absolute atomic E-state index is 0.0241. The second-order valence-corrected chi connectivity index (χ2v) is 6.60. The van der Waals surface area contributed by atoms with E-state index in [1.54, 1.807) is 24.3 Å². The van der Waals surface area contributed by atoms with Crippen molar-refractivity contribution in [3.05, 3.63) is 35.4 Å². The molecule has 0 atom stereocenters. The monoisotopic (exact) mass is 303 g/mol. The quantitative estimate of drug-likeness (QED) is 0.877. The Morgan fingerprint density at radius 2 is 1.73 bits per heavy atom. The molecule has 1 saturated carbocycles. The summed E-state index contributed by atoms with van der Waals surface area (Å²) < 4.78 is 0. The molecule has 0 aromatic heterocycles. The van der Waals surface area contributed by atoms with E-state index in [1.165, 1.54) is 12.8 Å². The average molecular weight is 303 g/mol. The number of rotatable bonds is 5. The first-order chi connectivity index (χ1) is 10.5. The van der Waals surface area contributed by atoms with Crippen molar-refractivity contribution in [2.24, 2.45) is 11.8 Å². The predicted molar refractivity (Wildman–Crippen MR) is 85.8 cm³/mol. The first-order valence-corrected chi connectivity index (χ1v) is 8.07. The molecular formula is C18H25NO3. The summed E-state index contributed by atoms with van der Waals surface area (Å²) in [4.78, 5) is 22.9. The molecule has 0 radical (unpaired) electrons. The van der Waals surface area contributed by atoms with Crippen LogP contribution in [0.1, 0.15) is 55.5 Å². The highest BCUT2D eigenvalue weighted by atomic mass is 16.4. The Hall–Kier alpha value is -1.84. The first-order valence-electron chi connectivity index (χ1n) is 8.07. The zero-order valence-electron chi connectivity index (χ0n) is 13.3. The molecular weight excluding hydrogens is 278 g/mol. The molecule has 1 amide bonds. The molecule has 0 spiro atoms. The molecule has 4 nitrogen and oxygen atoms in total. The molecule has 120 valence electrons. The molecule has 4 heteroatoms. The van der Waals surface area contributed by atoms with E-state index in [2.05, 4.69) is 19.2 Å². The Morgan fingerprint density at radius 3 is 2.23 bits per heavy atom. The molecule has 1 aliphatic rings. The van der Waals surface area contributed by atoms with Gasteiger partial charge in [0, 0.05) is 6.04 Å².